The van der Waals surface area contributed by atoms with Crippen LogP contribution in [0.2, 0.25) is 0 Å². The Labute approximate surface area is 117 Å². The molecule has 3 rings (SSSR count). The smallest absolute Gasteiger partial charge is 0.0337 e. The second kappa shape index (κ2) is 4.92. The quantitative estimate of drug-likeness (QED) is 0.897. The van der Waals surface area contributed by atoms with Gasteiger partial charge in [0, 0.05) is 31.7 Å². The lowest BCUT2D eigenvalue weighted by molar-refractivity contribution is 0.0483. The van der Waals surface area contributed by atoms with Crippen LogP contribution in [0.25, 0.3) is 0 Å². The van der Waals surface area contributed by atoms with Crippen molar-refractivity contribution in [1.29, 1.82) is 0 Å². The molecule has 1 aromatic carbocycles. The first kappa shape index (κ1) is 13.1. The number of aryl methyl sites for hydroxylation is 2. The van der Waals surface area contributed by atoms with E-state index < -0.39 is 0 Å². The summed E-state index contributed by atoms with van der Waals surface area (Å²) in [6.45, 7) is 11.5. The molecule has 0 aromatic heterocycles. The molecule has 19 heavy (non-hydrogen) atoms. The zero-order valence-corrected chi connectivity index (χ0v) is 12.5. The standard InChI is InChI=1S/C17H26N2/c1-13-4-5-14(2)15(10-13)11-19-9-8-18-12-17(19,3)16-6-7-16/h4-5,10,16,18H,6-9,11-12H2,1-3H3. The molecule has 1 atom stereocenters. The minimum atomic E-state index is 0.369. The van der Waals surface area contributed by atoms with Crippen LogP contribution in [0.3, 0.4) is 0 Å². The minimum Gasteiger partial charge on any atom is -0.314 e. The summed E-state index contributed by atoms with van der Waals surface area (Å²) in [5, 5.41) is 3.60. The number of nitrogens with one attached hydrogen (secondary N) is 1. The summed E-state index contributed by atoms with van der Waals surface area (Å²) in [6.07, 6.45) is 2.84. The van der Waals surface area contributed by atoms with Gasteiger partial charge in [0.15, 0.2) is 0 Å². The molecule has 1 saturated carbocycles. The van der Waals surface area contributed by atoms with Crippen molar-refractivity contribution in [2.45, 2.75) is 45.7 Å². The predicted molar refractivity (Wildman–Crippen MR) is 80.3 cm³/mol. The maximum absolute atomic E-state index is 3.60. The molecule has 0 amide bonds. The van der Waals surface area contributed by atoms with Crippen LogP contribution in [-0.4, -0.2) is 30.1 Å². The van der Waals surface area contributed by atoms with Gasteiger partial charge >= 0.3 is 0 Å². The van der Waals surface area contributed by atoms with Gasteiger partial charge in [-0.2, -0.15) is 0 Å². The van der Waals surface area contributed by atoms with E-state index in [2.05, 4.69) is 49.2 Å². The van der Waals surface area contributed by atoms with E-state index in [1.165, 1.54) is 36.1 Å². The summed E-state index contributed by atoms with van der Waals surface area (Å²) in [4.78, 5) is 2.73. The molecule has 1 saturated heterocycles. The van der Waals surface area contributed by atoms with Crippen molar-refractivity contribution in [3.05, 3.63) is 34.9 Å². The first-order chi connectivity index (χ1) is 9.09. The summed E-state index contributed by atoms with van der Waals surface area (Å²) in [5.41, 5.74) is 4.69. The molecule has 2 nitrogen and oxygen atoms in total. The number of rotatable bonds is 3. The Morgan fingerprint density at radius 1 is 1.32 bits per heavy atom. The lowest BCUT2D eigenvalue weighted by Gasteiger charge is -2.46. The topological polar surface area (TPSA) is 15.3 Å². The Morgan fingerprint density at radius 3 is 2.84 bits per heavy atom. The van der Waals surface area contributed by atoms with E-state index in [1.807, 2.05) is 0 Å². The van der Waals surface area contributed by atoms with E-state index in [9.17, 15) is 0 Å². The van der Waals surface area contributed by atoms with Crippen molar-refractivity contribution < 1.29 is 0 Å². The fraction of sp³-hybridized carbons (Fsp3) is 0.647. The van der Waals surface area contributed by atoms with Crippen molar-refractivity contribution in [3.63, 3.8) is 0 Å². The third-order valence-corrected chi connectivity index (χ3v) is 5.09. The first-order valence-corrected chi connectivity index (χ1v) is 7.61. The summed E-state index contributed by atoms with van der Waals surface area (Å²) in [7, 11) is 0. The van der Waals surface area contributed by atoms with Crippen LogP contribution in [0, 0.1) is 19.8 Å². The highest BCUT2D eigenvalue weighted by Gasteiger charge is 2.46. The number of hydrogen-bond donors (Lipinski definition) is 1. The van der Waals surface area contributed by atoms with E-state index in [0.717, 1.165) is 25.6 Å². The third-order valence-electron chi connectivity index (χ3n) is 5.09. The molecule has 2 heteroatoms. The minimum absolute atomic E-state index is 0.369. The Kier molecular flexibility index (Phi) is 3.40. The fourth-order valence-corrected chi connectivity index (χ4v) is 3.47. The van der Waals surface area contributed by atoms with Crippen molar-refractivity contribution >= 4 is 0 Å². The van der Waals surface area contributed by atoms with Crippen LogP contribution >= 0.6 is 0 Å². The molecule has 2 fully saturated rings. The zero-order valence-electron chi connectivity index (χ0n) is 12.5. The number of piperazine rings is 1. The molecule has 1 unspecified atom stereocenters. The van der Waals surface area contributed by atoms with E-state index in [4.69, 9.17) is 0 Å². The van der Waals surface area contributed by atoms with E-state index in [0.29, 0.717) is 5.54 Å². The molecule has 1 N–H and O–H groups in total. The molecule has 1 aromatic rings. The second-order valence-corrected chi connectivity index (χ2v) is 6.66. The molecule has 0 bridgehead atoms. The Morgan fingerprint density at radius 2 is 2.11 bits per heavy atom. The predicted octanol–water partition coefficient (Wildman–Crippen LogP) is 2.88. The van der Waals surface area contributed by atoms with Gasteiger partial charge in [-0.3, -0.25) is 4.90 Å². The number of benzene rings is 1. The Balaban J connectivity index is 1.82. The van der Waals surface area contributed by atoms with Gasteiger partial charge in [-0.25, -0.2) is 0 Å². The molecule has 1 heterocycles. The first-order valence-electron chi connectivity index (χ1n) is 7.61. The van der Waals surface area contributed by atoms with Crippen molar-refractivity contribution in [1.82, 2.24) is 10.2 Å². The van der Waals surface area contributed by atoms with Gasteiger partial charge in [0.05, 0.1) is 0 Å². The van der Waals surface area contributed by atoms with Gasteiger partial charge in [-0.15, -0.1) is 0 Å². The maximum Gasteiger partial charge on any atom is 0.0337 e. The van der Waals surface area contributed by atoms with Gasteiger partial charge in [0.25, 0.3) is 0 Å². The molecule has 1 aliphatic carbocycles. The Bertz CT molecular complexity index is 464. The van der Waals surface area contributed by atoms with Crippen LogP contribution in [0.5, 0.6) is 0 Å². The van der Waals surface area contributed by atoms with Gasteiger partial charge in [-0.1, -0.05) is 23.8 Å². The van der Waals surface area contributed by atoms with Crippen molar-refractivity contribution in [2.24, 2.45) is 5.92 Å². The number of nitrogens with zero attached hydrogens (tertiary/aromatic N) is 1. The largest absolute Gasteiger partial charge is 0.314 e. The monoisotopic (exact) mass is 258 g/mol. The maximum atomic E-state index is 3.60. The molecule has 0 radical (unpaired) electrons. The molecule has 104 valence electrons. The molecule has 2 aliphatic rings. The second-order valence-electron chi connectivity index (χ2n) is 6.66. The Hall–Kier alpha value is -0.860. The van der Waals surface area contributed by atoms with Gasteiger partial charge in [0.2, 0.25) is 0 Å². The molecule has 0 spiro atoms. The van der Waals surface area contributed by atoms with E-state index in [-0.39, 0.29) is 0 Å². The fourth-order valence-electron chi connectivity index (χ4n) is 3.47. The SMILES string of the molecule is Cc1ccc(C)c(CN2CCNCC2(C)C2CC2)c1. The van der Waals surface area contributed by atoms with Gasteiger partial charge in [-0.05, 0) is 50.7 Å². The van der Waals surface area contributed by atoms with E-state index >= 15 is 0 Å². The normalized spacial score (nSPS) is 28.6. The average molecular weight is 258 g/mol. The lowest BCUT2D eigenvalue weighted by atomic mass is 9.90. The summed E-state index contributed by atoms with van der Waals surface area (Å²) in [5.74, 6) is 0.908. The average Bonchev–Trinajstić information content (AvgIpc) is 3.21. The highest BCUT2D eigenvalue weighted by atomic mass is 15.3. The highest BCUT2D eigenvalue weighted by molar-refractivity contribution is 5.30. The summed E-state index contributed by atoms with van der Waals surface area (Å²) >= 11 is 0. The number of hydrogen-bond acceptors (Lipinski definition) is 2. The molecule has 1 aliphatic heterocycles. The third kappa shape index (κ3) is 2.56. The van der Waals surface area contributed by atoms with Crippen LogP contribution in [-0.2, 0) is 6.54 Å². The van der Waals surface area contributed by atoms with Gasteiger partial charge < -0.3 is 5.32 Å². The van der Waals surface area contributed by atoms with Crippen LogP contribution in [0.4, 0.5) is 0 Å². The lowest BCUT2D eigenvalue weighted by Crippen LogP contribution is -2.60. The molecular formula is C17H26N2. The summed E-state index contributed by atoms with van der Waals surface area (Å²) in [6, 6.07) is 6.85. The van der Waals surface area contributed by atoms with Gasteiger partial charge in [0.1, 0.15) is 0 Å². The van der Waals surface area contributed by atoms with E-state index in [1.54, 1.807) is 0 Å². The summed E-state index contributed by atoms with van der Waals surface area (Å²) < 4.78 is 0. The zero-order chi connectivity index (χ0) is 13.5. The van der Waals surface area contributed by atoms with Crippen molar-refractivity contribution in [3.8, 4) is 0 Å². The van der Waals surface area contributed by atoms with Crippen molar-refractivity contribution in [2.75, 3.05) is 19.6 Å². The highest BCUT2D eigenvalue weighted by Crippen LogP contribution is 2.44. The van der Waals surface area contributed by atoms with Crippen LogP contribution in [0.15, 0.2) is 18.2 Å². The van der Waals surface area contributed by atoms with Crippen LogP contribution < -0.4 is 5.32 Å². The van der Waals surface area contributed by atoms with Crippen LogP contribution in [0.1, 0.15) is 36.5 Å². The molecular weight excluding hydrogens is 232 g/mol.